The number of carbonyl (C=O) groups excluding carboxylic acids is 2. The highest BCUT2D eigenvalue weighted by molar-refractivity contribution is 6.11. The number of benzene rings is 3. The van der Waals surface area contributed by atoms with Gasteiger partial charge < -0.3 is 21.1 Å². The highest BCUT2D eigenvalue weighted by atomic mass is 19.4. The van der Waals surface area contributed by atoms with E-state index in [4.69, 9.17) is 20.2 Å². The molecule has 0 bridgehead atoms. The fourth-order valence-corrected chi connectivity index (χ4v) is 13.6. The van der Waals surface area contributed by atoms with Gasteiger partial charge in [-0.2, -0.15) is 42.0 Å². The average Bonchev–Trinajstić information content (AvgIpc) is 1.61. The number of nitrogens with one attached hydrogen (secondary N) is 3. The summed E-state index contributed by atoms with van der Waals surface area (Å²) in [5, 5.41) is 58.7. The molecule has 8 heterocycles. The molecule has 27 heteroatoms. The Balaban J connectivity index is 0.830. The summed E-state index contributed by atoms with van der Waals surface area (Å²) in [6, 6.07) is 20.5. The van der Waals surface area contributed by atoms with Gasteiger partial charge in [0.25, 0.3) is 11.8 Å². The maximum atomic E-state index is 15.1. The van der Waals surface area contributed by atoms with Crippen molar-refractivity contribution >= 4 is 35.1 Å². The van der Waals surface area contributed by atoms with Crippen LogP contribution in [0.15, 0.2) is 85.6 Å². The number of carbonyl (C=O) groups is 2. The fraction of sp³-hybridized carbons (Fsp3) is 0.400. The van der Waals surface area contributed by atoms with E-state index in [1.54, 1.807) is 96.0 Å². The molecule has 472 valence electrons. The molecule has 3 aliphatic heterocycles. The molecule has 2 amide bonds. The van der Waals surface area contributed by atoms with Crippen LogP contribution in [0.2, 0.25) is 0 Å². The number of amides is 2. The molecule has 1 atom stereocenters. The third kappa shape index (κ3) is 11.2. The van der Waals surface area contributed by atoms with E-state index in [1.165, 1.54) is 27.0 Å². The molecule has 21 nitrogen and oxygen atoms in total. The van der Waals surface area contributed by atoms with Crippen LogP contribution in [0.3, 0.4) is 0 Å². The number of aliphatic hydroxyl groups excluding tert-OH is 1. The highest BCUT2D eigenvalue weighted by Gasteiger charge is 2.48. The first kappa shape index (κ1) is 60.0. The molecular formula is C65H63F6N18O3+. The van der Waals surface area contributed by atoms with Crippen molar-refractivity contribution < 1.29 is 45.8 Å². The molecular weight excluding hydrogens is 1190 g/mol. The SMILES string of the molecule is C[C@@H](CC#N)Nc1cc(-c2cc(C#N)ccc2-c2nncn2-[n+]2ncn(C)c2-c2cnn(C)c2-c2cc(NC3CC(O)C3)nc(N3Cc4c(cc(CNCC5CCC5)cc4C(F)(F)F)C3=O)c2)cc(N2Cc3c(cc(CN4CCC5(CC5)C4)cc3C(F)(F)F)C2=O)n1. The molecule has 4 fully saturated rings. The van der Waals surface area contributed by atoms with Gasteiger partial charge in [-0.25, -0.2) is 14.5 Å². The molecule has 4 N–H and O–H groups in total. The van der Waals surface area contributed by atoms with Crippen molar-refractivity contribution in [3.05, 3.63) is 136 Å². The summed E-state index contributed by atoms with van der Waals surface area (Å²) in [6.45, 7) is 3.56. The lowest BCUT2D eigenvalue weighted by Crippen LogP contribution is -2.46. The Morgan fingerprint density at radius 3 is 2.11 bits per heavy atom. The second-order valence-electron chi connectivity index (χ2n) is 25.4. The van der Waals surface area contributed by atoms with Crippen LogP contribution in [-0.4, -0.2) is 104 Å². The third-order valence-corrected chi connectivity index (χ3v) is 18.9. The lowest BCUT2D eigenvalue weighted by atomic mass is 9.85. The summed E-state index contributed by atoms with van der Waals surface area (Å²) >= 11 is 0. The molecule has 0 unspecified atom stereocenters. The predicted molar refractivity (Wildman–Crippen MR) is 324 cm³/mol. The smallest absolute Gasteiger partial charge is 0.393 e. The number of pyridine rings is 2. The van der Waals surface area contributed by atoms with Crippen LogP contribution >= 0.6 is 0 Å². The van der Waals surface area contributed by atoms with Gasteiger partial charge in [0.15, 0.2) is 6.33 Å². The van der Waals surface area contributed by atoms with Crippen LogP contribution in [0.1, 0.15) is 124 Å². The number of aromatic nitrogens is 10. The number of anilines is 4. The van der Waals surface area contributed by atoms with Crippen LogP contribution in [0.4, 0.5) is 49.6 Å². The monoisotopic (exact) mass is 1260 g/mol. The first-order chi connectivity index (χ1) is 44.1. The van der Waals surface area contributed by atoms with E-state index >= 15 is 13.2 Å². The first-order valence-corrected chi connectivity index (χ1v) is 30.7. The summed E-state index contributed by atoms with van der Waals surface area (Å²) in [6.07, 6.45) is 1.80. The van der Waals surface area contributed by atoms with Gasteiger partial charge >= 0.3 is 18.2 Å². The first-order valence-electron chi connectivity index (χ1n) is 30.7. The number of hydrogen-bond acceptors (Lipinski definition) is 15. The molecule has 92 heavy (non-hydrogen) atoms. The molecule has 6 aliphatic rings. The van der Waals surface area contributed by atoms with Crippen LogP contribution in [-0.2, 0) is 52.6 Å². The zero-order valence-electron chi connectivity index (χ0n) is 50.4. The van der Waals surface area contributed by atoms with Crippen LogP contribution < -0.4 is 30.5 Å². The Morgan fingerprint density at radius 1 is 0.793 bits per heavy atom. The Bertz CT molecular complexity index is 4370. The standard InChI is InChI=1S/C65H63F6N18O3/c1-36(9-13-72)78-54-20-41(22-56(80-54)86-32-51-48(62(86)92)17-40(19-53(51)65(69,70)71)30-85-14-12-63(33-85)10-11-63)46-15-38(26-73)7-8-45(46)59-82-75-34-88(59)89-60(83(2)35-77-89)49-29-76-84(3)58(49)42-21-55(79-43-24-44(90)25-43)81-57(23-42)87-31-50-47(61(87)91)16-39(18-52(50)64(66,67)68)28-74-27-37-5-4-6-37/h7-8,15-23,29,34-37,43-44,74,90H,4-6,9-12,14,24-25,27-28,30-33H2,1-3H3,(H,78,80)(H,79,81)/q+1/t36-,43?,44?/m0/s1. The van der Waals surface area contributed by atoms with E-state index in [2.05, 4.69) is 43.2 Å². The minimum Gasteiger partial charge on any atom is -0.393 e. The van der Waals surface area contributed by atoms with Gasteiger partial charge in [-0.15, -0.1) is 14.9 Å². The highest BCUT2D eigenvalue weighted by Crippen LogP contribution is 2.53. The second-order valence-corrected chi connectivity index (χ2v) is 25.4. The summed E-state index contributed by atoms with van der Waals surface area (Å²) in [7, 11) is 3.46. The van der Waals surface area contributed by atoms with Crippen molar-refractivity contribution in [3.63, 3.8) is 0 Å². The topological polar surface area (TPSA) is 244 Å². The number of rotatable bonds is 18. The molecule has 3 aromatic carbocycles. The molecule has 0 radical (unpaired) electrons. The molecule has 14 rings (SSSR count). The zero-order chi connectivity index (χ0) is 64.1. The molecule has 5 aromatic heterocycles. The fourth-order valence-electron chi connectivity index (χ4n) is 13.6. The molecule has 8 aromatic rings. The van der Waals surface area contributed by atoms with Crippen molar-refractivity contribution in [1.82, 2.24) is 54.5 Å². The Labute approximate surface area is 523 Å². The predicted octanol–water partition coefficient (Wildman–Crippen LogP) is 9.56. The van der Waals surface area contributed by atoms with E-state index in [9.17, 15) is 38.4 Å². The molecule has 3 saturated carbocycles. The zero-order valence-corrected chi connectivity index (χ0v) is 50.4. The number of hydrogen-bond donors (Lipinski definition) is 4. The van der Waals surface area contributed by atoms with Gasteiger partial charge in [0.2, 0.25) is 12.2 Å². The van der Waals surface area contributed by atoms with Gasteiger partial charge in [-0.1, -0.05) is 6.42 Å². The van der Waals surface area contributed by atoms with Crippen LogP contribution in [0.25, 0.3) is 45.2 Å². The van der Waals surface area contributed by atoms with Crippen LogP contribution in [0.5, 0.6) is 0 Å². The number of likely N-dealkylation sites (tertiary alicyclic amines) is 1. The lowest BCUT2D eigenvalue weighted by Gasteiger charge is -2.32. The van der Waals surface area contributed by atoms with E-state index < -0.39 is 60.5 Å². The van der Waals surface area contributed by atoms with Crippen molar-refractivity contribution in [1.29, 1.82) is 10.5 Å². The number of nitrogens with zero attached hydrogens (tertiary/aromatic N) is 15. The third-order valence-electron chi connectivity index (χ3n) is 18.9. The van der Waals surface area contributed by atoms with Gasteiger partial charge in [0.05, 0.1) is 73.4 Å². The van der Waals surface area contributed by atoms with E-state index in [-0.39, 0.29) is 82.1 Å². The molecule has 1 saturated heterocycles. The average molecular weight is 1260 g/mol. The maximum Gasteiger partial charge on any atom is 0.416 e. The minimum absolute atomic E-state index is 0.00416. The van der Waals surface area contributed by atoms with E-state index in [0.717, 1.165) is 63.7 Å². The molecule has 3 aliphatic carbocycles. The van der Waals surface area contributed by atoms with E-state index in [1.807, 2.05) is 0 Å². The van der Waals surface area contributed by atoms with Gasteiger partial charge in [0, 0.05) is 61.0 Å². The number of fused-ring (bicyclic) bond motifs is 2. The Kier molecular flexibility index (Phi) is 15.0. The number of halogens is 6. The van der Waals surface area contributed by atoms with Gasteiger partial charge in [-0.3, -0.25) is 29.0 Å². The number of aliphatic hydroxyl groups is 1. The summed E-state index contributed by atoms with van der Waals surface area (Å²) < 4.78 is 95.1. The summed E-state index contributed by atoms with van der Waals surface area (Å²) in [5.74, 6) is 0.291. The maximum absolute atomic E-state index is 15.1. The van der Waals surface area contributed by atoms with Crippen molar-refractivity contribution in [2.45, 2.75) is 121 Å². The lowest BCUT2D eigenvalue weighted by molar-refractivity contribution is -0.769. The largest absolute Gasteiger partial charge is 0.416 e. The van der Waals surface area contributed by atoms with Gasteiger partial charge in [-0.05, 0) is 186 Å². The quantitative estimate of drug-likeness (QED) is 0.0462. The van der Waals surface area contributed by atoms with E-state index in [0.29, 0.717) is 81.6 Å². The van der Waals surface area contributed by atoms with Crippen molar-refractivity contribution in [3.8, 4) is 57.3 Å². The number of aryl methyl sites for hydroxylation is 2. The number of alkyl halides is 6. The van der Waals surface area contributed by atoms with Crippen LogP contribution in [0, 0.1) is 34.0 Å². The Hall–Kier alpha value is -9.57. The van der Waals surface area contributed by atoms with Crippen molar-refractivity contribution in [2.75, 3.05) is 40.1 Å². The Morgan fingerprint density at radius 2 is 1.47 bits per heavy atom. The molecule has 1 spiro atoms. The second kappa shape index (κ2) is 23.0. The normalized spacial score (nSPS) is 18.8. The number of nitriles is 2. The summed E-state index contributed by atoms with van der Waals surface area (Å²) in [5.41, 5.74) is 1.48. The summed E-state index contributed by atoms with van der Waals surface area (Å²) in [4.78, 5) is 45.0. The van der Waals surface area contributed by atoms with Crippen molar-refractivity contribution in [2.24, 2.45) is 25.4 Å². The minimum atomic E-state index is -4.78. The van der Waals surface area contributed by atoms with Gasteiger partial charge in [0.1, 0.15) is 28.8 Å².